The molecule has 1 amide bonds. The molecule has 22 heavy (non-hydrogen) atoms. The molecule has 0 atom stereocenters. The van der Waals surface area contributed by atoms with Crippen molar-refractivity contribution in [3.8, 4) is 11.1 Å². The van der Waals surface area contributed by atoms with Crippen LogP contribution in [-0.4, -0.2) is 12.5 Å². The van der Waals surface area contributed by atoms with Crippen LogP contribution in [0.25, 0.3) is 22.1 Å². The van der Waals surface area contributed by atoms with E-state index >= 15 is 0 Å². The van der Waals surface area contributed by atoms with Crippen LogP contribution < -0.4 is 10.9 Å². The molecule has 1 N–H and O–H groups in total. The van der Waals surface area contributed by atoms with E-state index in [0.717, 1.165) is 10.9 Å². The second-order valence-corrected chi connectivity index (χ2v) is 4.93. The van der Waals surface area contributed by atoms with Gasteiger partial charge in [-0.25, -0.2) is 4.79 Å². The summed E-state index contributed by atoms with van der Waals surface area (Å²) in [5.41, 5.74) is 1.80. The van der Waals surface area contributed by atoms with Crippen LogP contribution in [0.3, 0.4) is 0 Å². The highest BCUT2D eigenvalue weighted by molar-refractivity contribution is 5.97. The van der Waals surface area contributed by atoms with Gasteiger partial charge >= 0.3 is 5.63 Å². The highest BCUT2D eigenvalue weighted by Gasteiger charge is 2.10. The van der Waals surface area contributed by atoms with Crippen molar-refractivity contribution < 1.29 is 9.21 Å². The van der Waals surface area contributed by atoms with Gasteiger partial charge in [0.1, 0.15) is 5.58 Å². The lowest BCUT2D eigenvalue weighted by Crippen LogP contribution is -2.22. The standard InChI is InChI=1S/C18H15NO3/c1-2-19-17(20)14-9-8-13-10-15(12-6-4-3-5-7-12)18(21)22-16(13)11-14/h3-11H,2H2,1H3,(H,19,20). The second kappa shape index (κ2) is 5.85. The third-order valence-electron chi connectivity index (χ3n) is 3.42. The Morgan fingerprint density at radius 2 is 1.86 bits per heavy atom. The summed E-state index contributed by atoms with van der Waals surface area (Å²) in [4.78, 5) is 24.0. The fourth-order valence-electron chi connectivity index (χ4n) is 2.33. The highest BCUT2D eigenvalue weighted by atomic mass is 16.4. The molecule has 0 aliphatic heterocycles. The summed E-state index contributed by atoms with van der Waals surface area (Å²) in [6.07, 6.45) is 0. The van der Waals surface area contributed by atoms with Gasteiger partial charge < -0.3 is 9.73 Å². The van der Waals surface area contributed by atoms with Gasteiger partial charge in [-0.3, -0.25) is 4.79 Å². The summed E-state index contributed by atoms with van der Waals surface area (Å²) in [6, 6.07) is 16.3. The van der Waals surface area contributed by atoms with Crippen molar-refractivity contribution in [3.05, 3.63) is 70.6 Å². The van der Waals surface area contributed by atoms with Gasteiger partial charge in [-0.05, 0) is 30.7 Å². The molecule has 0 unspecified atom stereocenters. The Labute approximate surface area is 127 Å². The number of hydrogen-bond donors (Lipinski definition) is 1. The summed E-state index contributed by atoms with van der Waals surface area (Å²) >= 11 is 0. The molecule has 110 valence electrons. The van der Waals surface area contributed by atoms with Gasteiger partial charge in [-0.2, -0.15) is 0 Å². The van der Waals surface area contributed by atoms with Crippen molar-refractivity contribution in [1.82, 2.24) is 5.32 Å². The number of carbonyl (C=O) groups is 1. The lowest BCUT2D eigenvalue weighted by molar-refractivity contribution is 0.0956. The van der Waals surface area contributed by atoms with Crippen LogP contribution in [0.4, 0.5) is 0 Å². The van der Waals surface area contributed by atoms with Crippen molar-refractivity contribution in [2.75, 3.05) is 6.54 Å². The second-order valence-electron chi connectivity index (χ2n) is 4.93. The first kappa shape index (κ1) is 14.1. The smallest absolute Gasteiger partial charge is 0.344 e. The maximum atomic E-state index is 12.2. The van der Waals surface area contributed by atoms with Crippen LogP contribution in [-0.2, 0) is 0 Å². The fraction of sp³-hybridized carbons (Fsp3) is 0.111. The normalized spacial score (nSPS) is 10.6. The zero-order valence-electron chi connectivity index (χ0n) is 12.1. The Bertz CT molecular complexity index is 882. The lowest BCUT2D eigenvalue weighted by Gasteiger charge is -2.05. The summed E-state index contributed by atoms with van der Waals surface area (Å²) < 4.78 is 5.38. The molecule has 0 radical (unpaired) electrons. The predicted octanol–water partition coefficient (Wildman–Crippen LogP) is 3.21. The summed E-state index contributed by atoms with van der Waals surface area (Å²) in [5, 5.41) is 3.50. The molecule has 0 aliphatic carbocycles. The number of fused-ring (bicyclic) bond motifs is 1. The Kier molecular flexibility index (Phi) is 3.74. The van der Waals surface area contributed by atoms with Crippen LogP contribution >= 0.6 is 0 Å². The van der Waals surface area contributed by atoms with E-state index in [-0.39, 0.29) is 5.91 Å². The van der Waals surface area contributed by atoms with Crippen LogP contribution in [0.15, 0.2) is 63.8 Å². The van der Waals surface area contributed by atoms with Crippen molar-refractivity contribution in [2.24, 2.45) is 0 Å². The molecule has 1 aromatic heterocycles. The number of carbonyl (C=O) groups excluding carboxylic acids is 1. The van der Waals surface area contributed by atoms with E-state index in [4.69, 9.17) is 4.42 Å². The van der Waals surface area contributed by atoms with Gasteiger partial charge in [0.15, 0.2) is 0 Å². The van der Waals surface area contributed by atoms with Gasteiger partial charge in [0.25, 0.3) is 5.91 Å². The molecule has 0 aliphatic rings. The molecular weight excluding hydrogens is 278 g/mol. The van der Waals surface area contributed by atoms with Gasteiger partial charge in [0.05, 0.1) is 5.56 Å². The van der Waals surface area contributed by atoms with E-state index in [2.05, 4.69) is 5.32 Å². The first-order chi connectivity index (χ1) is 10.7. The van der Waals surface area contributed by atoms with E-state index in [9.17, 15) is 9.59 Å². The summed E-state index contributed by atoms with van der Waals surface area (Å²) in [5.74, 6) is -0.181. The average molecular weight is 293 g/mol. The van der Waals surface area contributed by atoms with E-state index in [0.29, 0.717) is 23.3 Å². The molecule has 0 bridgehead atoms. The molecule has 4 nitrogen and oxygen atoms in total. The van der Waals surface area contributed by atoms with E-state index < -0.39 is 5.63 Å². The molecule has 3 rings (SSSR count). The maximum Gasteiger partial charge on any atom is 0.344 e. The van der Waals surface area contributed by atoms with Crippen LogP contribution in [0.2, 0.25) is 0 Å². The Hall–Kier alpha value is -2.88. The van der Waals surface area contributed by atoms with Gasteiger partial charge in [-0.15, -0.1) is 0 Å². The average Bonchev–Trinajstić information content (AvgIpc) is 2.54. The zero-order valence-corrected chi connectivity index (χ0v) is 12.1. The van der Waals surface area contributed by atoms with Gasteiger partial charge in [0.2, 0.25) is 0 Å². The molecule has 2 aromatic carbocycles. The lowest BCUT2D eigenvalue weighted by atomic mass is 10.1. The number of nitrogens with one attached hydrogen (secondary N) is 1. The molecule has 0 saturated carbocycles. The SMILES string of the molecule is CCNC(=O)c1ccc2cc(-c3ccccc3)c(=O)oc2c1. The molecular formula is C18H15NO3. The van der Waals surface area contributed by atoms with E-state index in [1.807, 2.05) is 37.3 Å². The summed E-state index contributed by atoms with van der Waals surface area (Å²) in [6.45, 7) is 2.40. The van der Waals surface area contributed by atoms with Gasteiger partial charge in [-0.1, -0.05) is 36.4 Å². The molecule has 0 saturated heterocycles. The predicted molar refractivity (Wildman–Crippen MR) is 85.9 cm³/mol. The molecule has 0 fully saturated rings. The Morgan fingerprint density at radius 3 is 2.59 bits per heavy atom. The van der Waals surface area contributed by atoms with Crippen LogP contribution in [0.5, 0.6) is 0 Å². The number of rotatable bonds is 3. The number of hydrogen-bond acceptors (Lipinski definition) is 3. The third kappa shape index (κ3) is 2.63. The van der Waals surface area contributed by atoms with Crippen molar-refractivity contribution in [3.63, 3.8) is 0 Å². The molecule has 4 heteroatoms. The summed E-state index contributed by atoms with van der Waals surface area (Å²) in [7, 11) is 0. The minimum Gasteiger partial charge on any atom is -0.422 e. The maximum absolute atomic E-state index is 12.2. The first-order valence-electron chi connectivity index (χ1n) is 7.10. The largest absolute Gasteiger partial charge is 0.422 e. The third-order valence-corrected chi connectivity index (χ3v) is 3.42. The minimum atomic E-state index is -0.410. The molecule has 3 aromatic rings. The van der Waals surface area contributed by atoms with Crippen LogP contribution in [0, 0.1) is 0 Å². The van der Waals surface area contributed by atoms with E-state index in [1.54, 1.807) is 24.3 Å². The molecule has 1 heterocycles. The van der Waals surface area contributed by atoms with Crippen molar-refractivity contribution in [2.45, 2.75) is 6.92 Å². The van der Waals surface area contributed by atoms with Crippen LogP contribution in [0.1, 0.15) is 17.3 Å². The topological polar surface area (TPSA) is 59.3 Å². The first-order valence-corrected chi connectivity index (χ1v) is 7.10. The number of amides is 1. The van der Waals surface area contributed by atoms with E-state index in [1.165, 1.54) is 0 Å². The Balaban J connectivity index is 2.11. The quantitative estimate of drug-likeness (QED) is 0.754. The highest BCUT2D eigenvalue weighted by Crippen LogP contribution is 2.21. The molecule has 0 spiro atoms. The van der Waals surface area contributed by atoms with Crippen molar-refractivity contribution >= 4 is 16.9 Å². The monoisotopic (exact) mass is 293 g/mol. The zero-order chi connectivity index (χ0) is 15.5. The Morgan fingerprint density at radius 1 is 1.09 bits per heavy atom. The van der Waals surface area contributed by atoms with Gasteiger partial charge in [0, 0.05) is 17.5 Å². The number of benzene rings is 2. The van der Waals surface area contributed by atoms with Crippen molar-refractivity contribution in [1.29, 1.82) is 0 Å². The minimum absolute atomic E-state index is 0.181. The fourth-order valence-corrected chi connectivity index (χ4v) is 2.33.